The lowest BCUT2D eigenvalue weighted by atomic mass is 10.1. The quantitative estimate of drug-likeness (QED) is 0.732. The second-order valence-electron chi connectivity index (χ2n) is 5.47. The van der Waals surface area contributed by atoms with E-state index in [9.17, 15) is 0 Å². The molecule has 0 unspecified atom stereocenters. The molecule has 21 heavy (non-hydrogen) atoms. The molecule has 0 radical (unpaired) electrons. The smallest absolute Gasteiger partial charge is 0.154 e. The van der Waals surface area contributed by atoms with Crippen molar-refractivity contribution in [1.82, 2.24) is 14.8 Å². The fourth-order valence-electron chi connectivity index (χ4n) is 2.42. The summed E-state index contributed by atoms with van der Waals surface area (Å²) in [6.07, 6.45) is 1.96. The van der Waals surface area contributed by atoms with Gasteiger partial charge < -0.3 is 4.74 Å². The van der Waals surface area contributed by atoms with Gasteiger partial charge in [-0.25, -0.2) is 9.67 Å². The van der Waals surface area contributed by atoms with Gasteiger partial charge in [-0.3, -0.25) is 0 Å². The molecule has 0 amide bonds. The molecule has 3 rings (SSSR count). The first-order chi connectivity index (χ1) is 10.1. The Morgan fingerprint density at radius 1 is 1.10 bits per heavy atom. The number of hydrogen-bond acceptors (Lipinski definition) is 3. The number of hydrogen-bond donors (Lipinski definition) is 0. The number of benzene rings is 1. The number of aromatic nitrogens is 3. The SMILES string of the molecule is COc1ccc2ccc(-n3ccc(C(C)C)n3)nc2c1C. The average molecular weight is 281 g/mol. The fraction of sp³-hybridized carbons (Fsp3) is 0.294. The maximum absolute atomic E-state index is 5.37. The summed E-state index contributed by atoms with van der Waals surface area (Å²) in [4.78, 5) is 4.75. The number of aryl methyl sites for hydroxylation is 1. The molecule has 0 N–H and O–H groups in total. The van der Waals surface area contributed by atoms with Crippen LogP contribution in [0.4, 0.5) is 0 Å². The van der Waals surface area contributed by atoms with Gasteiger partial charge in [0.15, 0.2) is 5.82 Å². The van der Waals surface area contributed by atoms with Crippen molar-refractivity contribution in [3.8, 4) is 11.6 Å². The highest BCUT2D eigenvalue weighted by atomic mass is 16.5. The molecule has 0 aliphatic carbocycles. The summed E-state index contributed by atoms with van der Waals surface area (Å²) in [5, 5.41) is 5.69. The van der Waals surface area contributed by atoms with Crippen molar-refractivity contribution >= 4 is 10.9 Å². The lowest BCUT2D eigenvalue weighted by Crippen LogP contribution is -2.01. The third kappa shape index (κ3) is 2.37. The van der Waals surface area contributed by atoms with Gasteiger partial charge in [0, 0.05) is 17.1 Å². The Bertz CT molecular complexity index is 790. The molecule has 0 atom stereocenters. The van der Waals surface area contributed by atoms with E-state index in [0.717, 1.165) is 33.7 Å². The molecule has 1 aromatic carbocycles. The van der Waals surface area contributed by atoms with Gasteiger partial charge in [0.1, 0.15) is 5.75 Å². The Labute approximate surface area is 124 Å². The molecule has 3 aromatic rings. The molecule has 2 heterocycles. The molecule has 0 saturated carbocycles. The van der Waals surface area contributed by atoms with Gasteiger partial charge >= 0.3 is 0 Å². The van der Waals surface area contributed by atoms with Crippen LogP contribution in [0.5, 0.6) is 5.75 Å². The molecule has 0 aliphatic heterocycles. The number of rotatable bonds is 3. The van der Waals surface area contributed by atoms with Crippen LogP contribution in [0.15, 0.2) is 36.5 Å². The molecule has 0 spiro atoms. The molecular formula is C17H19N3O. The Morgan fingerprint density at radius 3 is 2.52 bits per heavy atom. The highest BCUT2D eigenvalue weighted by Crippen LogP contribution is 2.26. The van der Waals surface area contributed by atoms with E-state index in [1.165, 1.54) is 0 Å². The standard InChI is InChI=1S/C17H19N3O/c1-11(2)14-9-10-20(19-14)16-8-6-13-5-7-15(21-4)12(3)17(13)18-16/h5-11H,1-4H3. The summed E-state index contributed by atoms with van der Waals surface area (Å²) in [7, 11) is 1.68. The average Bonchev–Trinajstić information content (AvgIpc) is 2.97. The number of fused-ring (bicyclic) bond motifs is 1. The van der Waals surface area contributed by atoms with Crippen LogP contribution in [-0.2, 0) is 0 Å². The van der Waals surface area contributed by atoms with Gasteiger partial charge in [0.25, 0.3) is 0 Å². The van der Waals surface area contributed by atoms with E-state index >= 15 is 0 Å². The summed E-state index contributed by atoms with van der Waals surface area (Å²) in [6.45, 7) is 6.30. The van der Waals surface area contributed by atoms with E-state index in [4.69, 9.17) is 9.72 Å². The lowest BCUT2D eigenvalue weighted by molar-refractivity contribution is 0.412. The van der Waals surface area contributed by atoms with Gasteiger partial charge in [-0.1, -0.05) is 13.8 Å². The first kappa shape index (κ1) is 13.6. The van der Waals surface area contributed by atoms with E-state index in [1.54, 1.807) is 7.11 Å². The number of nitrogens with zero attached hydrogens (tertiary/aromatic N) is 3. The van der Waals surface area contributed by atoms with Crippen LogP contribution >= 0.6 is 0 Å². The predicted octanol–water partition coefficient (Wildman–Crippen LogP) is 3.86. The first-order valence-electron chi connectivity index (χ1n) is 7.10. The third-order valence-electron chi connectivity index (χ3n) is 3.71. The van der Waals surface area contributed by atoms with E-state index in [1.807, 2.05) is 42.1 Å². The molecule has 108 valence electrons. The van der Waals surface area contributed by atoms with Crippen LogP contribution in [0.3, 0.4) is 0 Å². The summed E-state index contributed by atoms with van der Waals surface area (Å²) < 4.78 is 7.20. The summed E-state index contributed by atoms with van der Waals surface area (Å²) in [5.74, 6) is 2.09. The predicted molar refractivity (Wildman–Crippen MR) is 84.2 cm³/mol. The van der Waals surface area contributed by atoms with Crippen molar-refractivity contribution < 1.29 is 4.74 Å². The molecule has 0 saturated heterocycles. The van der Waals surface area contributed by atoms with Crippen LogP contribution in [-0.4, -0.2) is 21.9 Å². The van der Waals surface area contributed by atoms with Crippen molar-refractivity contribution in [2.24, 2.45) is 0 Å². The van der Waals surface area contributed by atoms with Crippen molar-refractivity contribution in [3.63, 3.8) is 0 Å². The molecule has 0 bridgehead atoms. The Kier molecular flexibility index (Phi) is 3.37. The fourth-order valence-corrected chi connectivity index (χ4v) is 2.42. The van der Waals surface area contributed by atoms with E-state index < -0.39 is 0 Å². The topological polar surface area (TPSA) is 39.9 Å². The van der Waals surface area contributed by atoms with Crippen LogP contribution in [0, 0.1) is 6.92 Å². The Hall–Kier alpha value is -2.36. The van der Waals surface area contributed by atoms with Gasteiger partial charge in [-0.2, -0.15) is 5.10 Å². The highest BCUT2D eigenvalue weighted by Gasteiger charge is 2.09. The second-order valence-corrected chi connectivity index (χ2v) is 5.47. The van der Waals surface area contributed by atoms with Crippen LogP contribution in [0.25, 0.3) is 16.7 Å². The lowest BCUT2D eigenvalue weighted by Gasteiger charge is -2.09. The van der Waals surface area contributed by atoms with Gasteiger partial charge in [0.2, 0.25) is 0 Å². The van der Waals surface area contributed by atoms with Gasteiger partial charge in [0.05, 0.1) is 18.3 Å². The van der Waals surface area contributed by atoms with Crippen LogP contribution in [0.2, 0.25) is 0 Å². The first-order valence-corrected chi connectivity index (χ1v) is 7.10. The molecule has 4 heteroatoms. The zero-order chi connectivity index (χ0) is 15.0. The minimum atomic E-state index is 0.411. The van der Waals surface area contributed by atoms with E-state index in [2.05, 4.69) is 25.0 Å². The summed E-state index contributed by atoms with van der Waals surface area (Å²) >= 11 is 0. The zero-order valence-electron chi connectivity index (χ0n) is 12.8. The van der Waals surface area contributed by atoms with Crippen molar-refractivity contribution in [2.45, 2.75) is 26.7 Å². The van der Waals surface area contributed by atoms with Crippen molar-refractivity contribution in [3.05, 3.63) is 47.8 Å². The second kappa shape index (κ2) is 5.20. The maximum Gasteiger partial charge on any atom is 0.154 e. The molecule has 2 aromatic heterocycles. The number of methoxy groups -OCH3 is 1. The van der Waals surface area contributed by atoms with Crippen LogP contribution < -0.4 is 4.74 Å². The minimum Gasteiger partial charge on any atom is -0.496 e. The van der Waals surface area contributed by atoms with Crippen LogP contribution in [0.1, 0.15) is 31.0 Å². The largest absolute Gasteiger partial charge is 0.496 e. The highest BCUT2D eigenvalue weighted by molar-refractivity contribution is 5.84. The van der Waals surface area contributed by atoms with Crippen molar-refractivity contribution in [1.29, 1.82) is 0 Å². The maximum atomic E-state index is 5.37. The van der Waals surface area contributed by atoms with E-state index in [-0.39, 0.29) is 0 Å². The minimum absolute atomic E-state index is 0.411. The number of ether oxygens (including phenoxy) is 1. The third-order valence-corrected chi connectivity index (χ3v) is 3.71. The molecule has 0 aliphatic rings. The van der Waals surface area contributed by atoms with Gasteiger partial charge in [-0.15, -0.1) is 0 Å². The van der Waals surface area contributed by atoms with Gasteiger partial charge in [-0.05, 0) is 43.2 Å². The zero-order valence-corrected chi connectivity index (χ0v) is 12.8. The molecule has 0 fully saturated rings. The molecule has 4 nitrogen and oxygen atoms in total. The summed E-state index contributed by atoms with van der Waals surface area (Å²) in [6, 6.07) is 10.1. The Morgan fingerprint density at radius 2 is 1.86 bits per heavy atom. The normalized spacial score (nSPS) is 11.3. The monoisotopic (exact) mass is 281 g/mol. The molecular weight excluding hydrogens is 262 g/mol. The Balaban J connectivity index is 2.13. The summed E-state index contributed by atoms with van der Waals surface area (Å²) in [5.41, 5.74) is 3.07. The van der Waals surface area contributed by atoms with Crippen molar-refractivity contribution in [2.75, 3.05) is 7.11 Å². The number of pyridine rings is 1. The van der Waals surface area contributed by atoms with E-state index in [0.29, 0.717) is 5.92 Å².